The number of furan rings is 3. The Labute approximate surface area is 774 Å². The molecule has 0 saturated heterocycles. The third-order valence-corrected chi connectivity index (χ3v) is 25.5. The Morgan fingerprint density at radius 2 is 0.407 bits per heavy atom. The predicted molar refractivity (Wildman–Crippen MR) is 552 cm³/mol. The van der Waals surface area contributed by atoms with Gasteiger partial charge in [-0.2, -0.15) is 0 Å². The van der Waals surface area contributed by atoms with Crippen molar-refractivity contribution < 1.29 is 13.3 Å². The van der Waals surface area contributed by atoms with Crippen molar-refractivity contribution in [2.75, 3.05) is 0 Å². The van der Waals surface area contributed by atoms with E-state index in [4.69, 9.17) is 58.1 Å². The highest BCUT2D eigenvalue weighted by Gasteiger charge is 2.23. The fourth-order valence-corrected chi connectivity index (χ4v) is 18.6. The average Bonchev–Trinajstić information content (AvgIpc) is 1.62. The lowest BCUT2D eigenvalue weighted by atomic mass is 9.98. The molecule has 21 aromatic carbocycles. The molecule has 135 heavy (non-hydrogen) atoms. The third-order valence-electron chi connectivity index (χ3n) is 25.5. The van der Waals surface area contributed by atoms with Crippen molar-refractivity contribution in [3.05, 3.63) is 455 Å². The summed E-state index contributed by atoms with van der Waals surface area (Å²) in [5.41, 5.74) is 20.6. The van der Waals surface area contributed by atoms with E-state index in [-0.39, 0.29) is 0 Å². The van der Waals surface area contributed by atoms with Gasteiger partial charge in [-0.3, -0.25) is 0 Å². The van der Waals surface area contributed by atoms with E-state index in [1.807, 2.05) is 91.0 Å². The van der Waals surface area contributed by atoms with Crippen LogP contribution in [-0.2, 0) is 0 Å². The largest absolute Gasteiger partial charge is 0.456 e. The molecule has 0 unspecified atom stereocenters. The molecule has 6 heterocycles. The first-order chi connectivity index (χ1) is 66.8. The predicted octanol–water partition coefficient (Wildman–Crippen LogP) is 32.2. The van der Waals surface area contributed by atoms with Gasteiger partial charge in [0.2, 0.25) is 0 Å². The first kappa shape index (κ1) is 78.8. The van der Waals surface area contributed by atoms with Gasteiger partial charge < -0.3 is 13.3 Å². The van der Waals surface area contributed by atoms with E-state index in [0.29, 0.717) is 52.4 Å². The van der Waals surface area contributed by atoms with Gasteiger partial charge >= 0.3 is 0 Å². The van der Waals surface area contributed by atoms with E-state index in [2.05, 4.69) is 364 Å². The third kappa shape index (κ3) is 15.2. The van der Waals surface area contributed by atoms with E-state index >= 15 is 0 Å². The molecule has 0 spiro atoms. The Morgan fingerprint density at radius 1 is 0.119 bits per heavy atom. The van der Waals surface area contributed by atoms with Crippen LogP contribution in [0.2, 0.25) is 0 Å². The van der Waals surface area contributed by atoms with Crippen LogP contribution in [0.4, 0.5) is 0 Å². The molecule has 0 aliphatic rings. The number of aromatic nitrogens is 9. The molecule has 0 saturated carbocycles. The van der Waals surface area contributed by atoms with Crippen molar-refractivity contribution in [2.45, 2.75) is 0 Å². The fourth-order valence-electron chi connectivity index (χ4n) is 18.6. The molecule has 0 amide bonds. The zero-order valence-electron chi connectivity index (χ0n) is 72.6. The molecule has 27 rings (SSSR count). The lowest BCUT2D eigenvalue weighted by molar-refractivity contribution is 0.669. The van der Waals surface area contributed by atoms with Gasteiger partial charge in [0.15, 0.2) is 52.4 Å². The Morgan fingerprint density at radius 3 is 0.911 bits per heavy atom. The minimum Gasteiger partial charge on any atom is -0.456 e. The van der Waals surface area contributed by atoms with Crippen LogP contribution in [0.3, 0.4) is 0 Å². The zero-order valence-corrected chi connectivity index (χ0v) is 72.6. The number of para-hydroxylation sites is 3. The molecular formula is C123H75N9O3. The fraction of sp³-hybridized carbons (Fsp3) is 0. The van der Waals surface area contributed by atoms with E-state index in [1.165, 1.54) is 27.1 Å². The van der Waals surface area contributed by atoms with E-state index in [1.54, 1.807) is 0 Å². The minimum atomic E-state index is 0.623. The number of nitrogens with zero attached hydrogens (tertiary/aromatic N) is 9. The van der Waals surface area contributed by atoms with Crippen LogP contribution in [0.25, 0.3) is 266 Å². The van der Waals surface area contributed by atoms with Gasteiger partial charge in [-0.15, -0.1) is 0 Å². The summed E-state index contributed by atoms with van der Waals surface area (Å²) in [4.78, 5) is 45.3. The molecule has 0 radical (unpaired) electrons. The van der Waals surface area contributed by atoms with E-state index in [9.17, 15) is 0 Å². The molecule has 0 atom stereocenters. The molecule has 6 aromatic heterocycles. The maximum Gasteiger partial charge on any atom is 0.164 e. The van der Waals surface area contributed by atoms with Crippen LogP contribution in [0, 0.1) is 0 Å². The second-order valence-corrected chi connectivity index (χ2v) is 33.9. The van der Waals surface area contributed by atoms with Crippen molar-refractivity contribution in [3.8, 4) is 136 Å². The second kappa shape index (κ2) is 33.6. The number of hydrogen-bond acceptors (Lipinski definition) is 12. The van der Waals surface area contributed by atoms with Crippen molar-refractivity contribution in [1.82, 2.24) is 44.9 Å². The van der Waals surface area contributed by atoms with Crippen molar-refractivity contribution in [3.63, 3.8) is 0 Å². The summed E-state index contributed by atoms with van der Waals surface area (Å²) in [6.45, 7) is 0. The summed E-state index contributed by atoms with van der Waals surface area (Å²) in [5.74, 6) is 5.75. The number of rotatable bonds is 12. The summed E-state index contributed by atoms with van der Waals surface area (Å²) >= 11 is 0. The number of hydrogen-bond donors (Lipinski definition) is 0. The van der Waals surface area contributed by atoms with Gasteiger partial charge in [0, 0.05) is 82.4 Å². The Balaban J connectivity index is 0.000000108. The Bertz CT molecular complexity index is 9340. The summed E-state index contributed by atoms with van der Waals surface area (Å²) in [7, 11) is 0. The standard InChI is InChI=1S/3C41H25N3O/c1-2-11-27(12-3-1)32-14-6-7-15-33(32)41-43-39(30-20-18-26-10-4-5-13-29(26)24-30)42-40(44-41)31-21-19-28-22-23-37-38(35(28)25-31)34-16-8-9-17-36(34)45-37;1-2-10-27(11-3-1)39-42-40(44-41(43-39)33-20-17-26-9-4-5-12-28(26)21-33)32-14-8-13-29(22-32)30-18-19-31-25-38-36(24-34(31)23-30)35-15-6-7-16-37(35)45-38;1-2-8-26(9-3-1)28-14-17-29(18-15-28)39-42-40(32-20-16-27-10-4-5-11-30(27)22-32)44-41(43-39)33-21-19-31-25-38-36(24-34(31)23-33)35-12-6-7-13-37(35)45-38/h3*1-25H. The molecule has 0 aliphatic carbocycles. The Kier molecular flexibility index (Phi) is 19.6. The smallest absolute Gasteiger partial charge is 0.164 e. The van der Waals surface area contributed by atoms with E-state index in [0.717, 1.165) is 187 Å². The maximum absolute atomic E-state index is 6.21. The van der Waals surface area contributed by atoms with Crippen LogP contribution in [-0.4, -0.2) is 44.9 Å². The first-order valence-corrected chi connectivity index (χ1v) is 45.1. The summed E-state index contributed by atoms with van der Waals surface area (Å²) in [6.07, 6.45) is 0. The number of fused-ring (bicyclic) bond motifs is 16. The summed E-state index contributed by atoms with van der Waals surface area (Å²) in [6, 6.07) is 157. The molecule has 0 N–H and O–H groups in total. The highest BCUT2D eigenvalue weighted by atomic mass is 16.3. The van der Waals surface area contributed by atoms with Gasteiger partial charge in [-0.05, 0) is 189 Å². The van der Waals surface area contributed by atoms with Crippen LogP contribution in [0.1, 0.15) is 0 Å². The topological polar surface area (TPSA) is 155 Å². The van der Waals surface area contributed by atoms with Gasteiger partial charge in [-0.25, -0.2) is 44.9 Å². The van der Waals surface area contributed by atoms with Crippen molar-refractivity contribution in [1.29, 1.82) is 0 Å². The monoisotopic (exact) mass is 1730 g/mol. The Hall–Kier alpha value is -18.4. The summed E-state index contributed by atoms with van der Waals surface area (Å²) in [5, 5.41) is 20.4. The lowest BCUT2D eigenvalue weighted by Gasteiger charge is -2.12. The summed E-state index contributed by atoms with van der Waals surface area (Å²) < 4.78 is 18.5. The highest BCUT2D eigenvalue weighted by Crippen LogP contribution is 2.43. The molecule has 12 nitrogen and oxygen atoms in total. The molecule has 27 aromatic rings. The lowest BCUT2D eigenvalue weighted by Crippen LogP contribution is -2.01. The second-order valence-electron chi connectivity index (χ2n) is 33.9. The molecular weight excluding hydrogens is 1650 g/mol. The maximum atomic E-state index is 6.21. The first-order valence-electron chi connectivity index (χ1n) is 45.1. The normalized spacial score (nSPS) is 11.6. The SMILES string of the molecule is c1ccc(-c2ccc(-c3nc(-c4ccc5ccccc5c4)nc(-c4ccc5cc6oc7ccccc7c6cc5c4)n3)cc2)cc1.c1ccc(-c2ccccc2-c2nc(-c3ccc4ccccc4c3)nc(-c3ccc4ccc5oc6ccccc6c5c4c3)n2)cc1.c1ccc(-c2nc(-c3cccc(-c4ccc5cc6oc7ccccc7c6cc5c4)c3)nc(-c3ccc4ccccc4c3)n2)cc1. The molecule has 0 fully saturated rings. The van der Waals surface area contributed by atoms with Gasteiger partial charge in [-0.1, -0.05) is 364 Å². The van der Waals surface area contributed by atoms with Gasteiger partial charge in [0.05, 0.1) is 0 Å². The zero-order chi connectivity index (χ0) is 89.2. The molecule has 630 valence electrons. The van der Waals surface area contributed by atoms with Crippen molar-refractivity contribution >= 4 is 130 Å². The molecule has 0 aliphatic heterocycles. The highest BCUT2D eigenvalue weighted by molar-refractivity contribution is 6.20. The van der Waals surface area contributed by atoms with Gasteiger partial charge in [0.1, 0.15) is 33.5 Å². The molecule has 12 heteroatoms. The van der Waals surface area contributed by atoms with Gasteiger partial charge in [0.25, 0.3) is 0 Å². The van der Waals surface area contributed by atoms with Crippen LogP contribution < -0.4 is 0 Å². The minimum absolute atomic E-state index is 0.623. The van der Waals surface area contributed by atoms with Crippen LogP contribution in [0.15, 0.2) is 468 Å². The van der Waals surface area contributed by atoms with Crippen LogP contribution in [0.5, 0.6) is 0 Å². The average molecular weight is 1730 g/mol. The van der Waals surface area contributed by atoms with E-state index < -0.39 is 0 Å². The quantitative estimate of drug-likeness (QED) is 0.114. The van der Waals surface area contributed by atoms with Crippen molar-refractivity contribution in [2.24, 2.45) is 0 Å². The molecule has 0 bridgehead atoms. The number of benzene rings is 21. The van der Waals surface area contributed by atoms with Crippen LogP contribution >= 0.6 is 0 Å².